The van der Waals surface area contributed by atoms with Gasteiger partial charge < -0.3 is 10.9 Å². The summed E-state index contributed by atoms with van der Waals surface area (Å²) < 4.78 is 0. The summed E-state index contributed by atoms with van der Waals surface area (Å²) in [6.45, 7) is 0. The average Bonchev–Trinajstić information content (AvgIpc) is 0.811. The van der Waals surface area contributed by atoms with Gasteiger partial charge in [0, 0.05) is 0 Å². The first kappa shape index (κ1) is 15.8. The van der Waals surface area contributed by atoms with Gasteiger partial charge in [-0.15, -0.1) is 10.1 Å². The Labute approximate surface area is 121 Å². The van der Waals surface area contributed by atoms with Gasteiger partial charge in [-0.1, -0.05) is 0 Å². The normalized spacial score (nSPS) is 4.00. The zero-order valence-electron chi connectivity index (χ0n) is 7.13. The molecule has 0 bridgehead atoms. The second-order valence-electron chi connectivity index (χ2n) is 0.238. The monoisotopic (exact) mass is 343 g/mol. The Bertz CT molecular complexity index is 41.5. The van der Waals surface area contributed by atoms with Gasteiger partial charge >= 0.3 is 97.8 Å². The minimum absolute atomic E-state index is 0. The van der Waals surface area contributed by atoms with E-state index in [4.69, 9.17) is 15.3 Å². The van der Waals surface area contributed by atoms with Crippen molar-refractivity contribution in [3.05, 3.63) is 10.1 Å². The molecule has 0 unspecified atom stereocenters. The molecule has 0 radical (unpaired) electrons. The first-order chi connectivity index (χ1) is 1.73. The van der Waals surface area contributed by atoms with E-state index in [9.17, 15) is 0 Å². The van der Waals surface area contributed by atoms with Crippen LogP contribution in [0.3, 0.4) is 0 Å². The van der Waals surface area contributed by atoms with Crippen molar-refractivity contribution < 1.29 is 16.0 Å². The van der Waals surface area contributed by atoms with Crippen LogP contribution in [-0.2, 0) is 0 Å². The van der Waals surface area contributed by atoms with E-state index in [2.05, 4.69) is 0 Å². The second kappa shape index (κ2) is 10.3. The SMILES string of the molecule is O=[N+]([O-])O.[Ba+2].[Ba+2].[H-].[H-].[H-].[H-]. The molecule has 0 aromatic carbocycles. The van der Waals surface area contributed by atoms with E-state index in [1.807, 2.05) is 0 Å². The predicted octanol–water partition coefficient (Wildman–Crippen LogP) is -0.659. The summed E-state index contributed by atoms with van der Waals surface area (Å²) in [5, 5.41) is 13.6. The van der Waals surface area contributed by atoms with Crippen molar-refractivity contribution in [2.45, 2.75) is 0 Å². The van der Waals surface area contributed by atoms with E-state index in [0.29, 0.717) is 0 Å². The first-order valence-electron chi connectivity index (χ1n) is 0.565. The van der Waals surface area contributed by atoms with Crippen molar-refractivity contribution in [3.63, 3.8) is 0 Å². The fourth-order valence-electron chi connectivity index (χ4n) is 0. The minimum Gasteiger partial charge on any atom is -1.00 e. The number of hydrogen-bond acceptors (Lipinski definition) is 2. The Hall–Kier alpha value is 2.34. The van der Waals surface area contributed by atoms with Gasteiger partial charge in [0.1, 0.15) is 0 Å². The van der Waals surface area contributed by atoms with Crippen LogP contribution < -0.4 is 0 Å². The van der Waals surface area contributed by atoms with Crippen molar-refractivity contribution in [3.8, 4) is 0 Å². The van der Waals surface area contributed by atoms with Crippen molar-refractivity contribution >= 4 is 97.8 Å². The molecular weight excluding hydrogens is 337 g/mol. The molecule has 0 rings (SSSR count). The van der Waals surface area contributed by atoms with Crippen LogP contribution in [0.5, 0.6) is 0 Å². The van der Waals surface area contributed by atoms with Gasteiger partial charge in [-0.3, -0.25) is 0 Å². The largest absolute Gasteiger partial charge is 2.00 e. The van der Waals surface area contributed by atoms with Crippen LogP contribution in [0.2, 0.25) is 0 Å². The summed E-state index contributed by atoms with van der Waals surface area (Å²) >= 11 is 0. The summed E-state index contributed by atoms with van der Waals surface area (Å²) in [5.74, 6) is 0. The Morgan fingerprint density at radius 2 is 1.67 bits per heavy atom. The maximum Gasteiger partial charge on any atom is 2.00 e. The van der Waals surface area contributed by atoms with Crippen molar-refractivity contribution in [1.29, 1.82) is 0 Å². The summed E-state index contributed by atoms with van der Waals surface area (Å²) in [5.41, 5.74) is 0. The molecule has 6 heteroatoms. The minimum atomic E-state index is -1.50. The van der Waals surface area contributed by atoms with Crippen LogP contribution in [0.15, 0.2) is 0 Å². The molecule has 0 aliphatic carbocycles. The van der Waals surface area contributed by atoms with Gasteiger partial charge in [0.25, 0.3) is 5.09 Å². The van der Waals surface area contributed by atoms with Crippen LogP contribution >= 0.6 is 0 Å². The van der Waals surface area contributed by atoms with E-state index < -0.39 is 5.09 Å². The number of rotatable bonds is 0. The van der Waals surface area contributed by atoms with Crippen LogP contribution in [0, 0.1) is 10.1 Å². The molecule has 32 valence electrons. The average molecular weight is 342 g/mol. The molecule has 0 aromatic heterocycles. The van der Waals surface area contributed by atoms with Gasteiger partial charge in [-0.05, 0) is 0 Å². The fraction of sp³-hybridized carbons (Fsp3) is 0. The molecule has 0 fully saturated rings. The van der Waals surface area contributed by atoms with E-state index in [0.717, 1.165) is 0 Å². The molecular formula is H5Ba2NO3. The predicted molar refractivity (Wildman–Crippen MR) is 24.7 cm³/mol. The van der Waals surface area contributed by atoms with E-state index >= 15 is 0 Å². The van der Waals surface area contributed by atoms with Gasteiger partial charge in [-0.25, -0.2) is 0 Å². The van der Waals surface area contributed by atoms with E-state index in [1.54, 1.807) is 0 Å². The summed E-state index contributed by atoms with van der Waals surface area (Å²) in [4.78, 5) is 8.36. The van der Waals surface area contributed by atoms with Crippen molar-refractivity contribution in [1.82, 2.24) is 0 Å². The van der Waals surface area contributed by atoms with Gasteiger partial charge in [-0.2, -0.15) is 0 Å². The van der Waals surface area contributed by atoms with Crippen LogP contribution in [0.4, 0.5) is 0 Å². The number of hydrogen-bond donors (Lipinski definition) is 1. The quantitative estimate of drug-likeness (QED) is 0.361. The smallest absolute Gasteiger partial charge is 1.00 e. The molecule has 0 aliphatic rings. The molecule has 1 N–H and O–H groups in total. The van der Waals surface area contributed by atoms with Crippen LogP contribution in [0.1, 0.15) is 5.71 Å². The Kier molecular flexibility index (Phi) is 27.2. The second-order valence-corrected chi connectivity index (χ2v) is 0.238. The Morgan fingerprint density at radius 3 is 1.67 bits per heavy atom. The fourth-order valence-corrected chi connectivity index (χ4v) is 0. The Morgan fingerprint density at radius 1 is 1.67 bits per heavy atom. The van der Waals surface area contributed by atoms with Gasteiger partial charge in [0.15, 0.2) is 0 Å². The summed E-state index contributed by atoms with van der Waals surface area (Å²) in [6, 6.07) is 0. The molecule has 0 amide bonds. The van der Waals surface area contributed by atoms with Crippen LogP contribution in [-0.4, -0.2) is 108 Å². The first-order valence-corrected chi connectivity index (χ1v) is 0.565. The topological polar surface area (TPSA) is 63.4 Å². The maximum atomic E-state index is 8.36. The third-order valence-electron chi connectivity index (χ3n) is 0. The molecule has 4 nitrogen and oxygen atoms in total. The third kappa shape index (κ3) is 33.0. The molecule has 0 aromatic rings. The van der Waals surface area contributed by atoms with E-state index in [1.165, 1.54) is 0 Å². The molecule has 0 aliphatic heterocycles. The zero-order valence-corrected chi connectivity index (χ0v) is 12.0. The summed E-state index contributed by atoms with van der Waals surface area (Å²) in [6.07, 6.45) is 0. The Balaban J connectivity index is -0.00000000300. The van der Waals surface area contributed by atoms with Crippen molar-refractivity contribution in [2.75, 3.05) is 0 Å². The third-order valence-corrected chi connectivity index (χ3v) is 0. The molecule has 0 atom stereocenters. The van der Waals surface area contributed by atoms with Crippen LogP contribution in [0.25, 0.3) is 0 Å². The molecule has 0 saturated carbocycles. The molecule has 0 saturated heterocycles. The summed E-state index contributed by atoms with van der Waals surface area (Å²) in [7, 11) is 0. The van der Waals surface area contributed by atoms with Crippen molar-refractivity contribution in [2.24, 2.45) is 0 Å². The maximum absolute atomic E-state index is 8.36. The molecule has 0 spiro atoms. The molecule has 0 heterocycles. The number of nitrogens with zero attached hydrogens (tertiary/aromatic N) is 1. The molecule has 6 heavy (non-hydrogen) atoms. The zero-order chi connectivity index (χ0) is 3.58. The standard InChI is InChI=1S/2Ba.HNO3.4H/c;;2-1(3)4;;;;/h;;(H,2,3,4);;;;/q2*+2;;4*-1. The van der Waals surface area contributed by atoms with Gasteiger partial charge in [0.2, 0.25) is 0 Å². The van der Waals surface area contributed by atoms with Gasteiger partial charge in [0.05, 0.1) is 0 Å². The van der Waals surface area contributed by atoms with E-state index in [-0.39, 0.29) is 103 Å².